The summed E-state index contributed by atoms with van der Waals surface area (Å²) < 4.78 is 0. The van der Waals surface area contributed by atoms with Crippen LogP contribution in [0.15, 0.2) is 41.5 Å². The summed E-state index contributed by atoms with van der Waals surface area (Å²) in [6, 6.07) is 7.79. The zero-order valence-electron chi connectivity index (χ0n) is 11.3. The predicted octanol–water partition coefficient (Wildman–Crippen LogP) is 5.49. The number of allylic oxidation sites excluding steroid dienone is 3. The molecule has 1 heteroatoms. The third kappa shape index (κ3) is 5.25. The van der Waals surface area contributed by atoms with E-state index in [1.807, 2.05) is 24.3 Å². The van der Waals surface area contributed by atoms with Crippen LogP contribution in [-0.4, -0.2) is 0 Å². The van der Waals surface area contributed by atoms with Gasteiger partial charge in [-0.1, -0.05) is 54.1 Å². The van der Waals surface area contributed by atoms with Gasteiger partial charge in [-0.05, 0) is 44.0 Å². The van der Waals surface area contributed by atoms with Gasteiger partial charge in [-0.3, -0.25) is 0 Å². The van der Waals surface area contributed by atoms with Gasteiger partial charge in [-0.25, -0.2) is 0 Å². The number of hydrogen-bond acceptors (Lipinski definition) is 0. The van der Waals surface area contributed by atoms with Crippen molar-refractivity contribution in [3.8, 4) is 11.8 Å². The van der Waals surface area contributed by atoms with Crippen molar-refractivity contribution >= 4 is 17.7 Å². The van der Waals surface area contributed by atoms with E-state index in [1.165, 1.54) is 5.57 Å². The lowest BCUT2D eigenvalue weighted by Crippen LogP contribution is -1.79. The van der Waals surface area contributed by atoms with Gasteiger partial charge >= 0.3 is 0 Å². The molecular weight excluding hydrogens is 240 g/mol. The molecule has 0 aromatic heterocycles. The summed E-state index contributed by atoms with van der Waals surface area (Å²) in [4.78, 5) is 0. The number of hydrogen-bond donors (Lipinski definition) is 0. The third-order valence-corrected chi connectivity index (χ3v) is 2.70. The molecule has 1 rings (SSSR count). The molecule has 0 fully saturated rings. The molecule has 0 saturated heterocycles. The summed E-state index contributed by atoms with van der Waals surface area (Å²) in [5.41, 5.74) is 3.47. The highest BCUT2D eigenvalue weighted by atomic mass is 35.5. The van der Waals surface area contributed by atoms with E-state index >= 15 is 0 Å². The Labute approximate surface area is 115 Å². The van der Waals surface area contributed by atoms with Gasteiger partial charge in [0.05, 0.1) is 0 Å². The molecule has 0 atom stereocenters. The second-order valence-corrected chi connectivity index (χ2v) is 4.79. The molecule has 0 nitrogen and oxygen atoms in total. The highest BCUT2D eigenvalue weighted by Crippen LogP contribution is 2.12. The largest absolute Gasteiger partial charge is 0.0979 e. The summed E-state index contributed by atoms with van der Waals surface area (Å²) in [5, 5.41) is 0.761. The molecule has 1 aromatic carbocycles. The van der Waals surface area contributed by atoms with Gasteiger partial charge in [0.2, 0.25) is 0 Å². The second-order valence-electron chi connectivity index (χ2n) is 4.35. The summed E-state index contributed by atoms with van der Waals surface area (Å²) in [6.07, 6.45) is 6.19. The van der Waals surface area contributed by atoms with Crippen LogP contribution in [0.3, 0.4) is 0 Å². The minimum Gasteiger partial charge on any atom is -0.0979 e. The van der Waals surface area contributed by atoms with E-state index in [0.717, 1.165) is 29.0 Å². The van der Waals surface area contributed by atoms with E-state index in [1.54, 1.807) is 0 Å². The molecule has 0 bridgehead atoms. The lowest BCUT2D eigenvalue weighted by molar-refractivity contribution is 0.983. The monoisotopic (exact) mass is 258 g/mol. The average Bonchev–Trinajstić information content (AvgIpc) is 2.35. The molecular formula is C17H19Cl. The minimum atomic E-state index is 0.761. The van der Waals surface area contributed by atoms with Crippen LogP contribution in [0.5, 0.6) is 0 Å². The van der Waals surface area contributed by atoms with Gasteiger partial charge in [-0.15, -0.1) is 0 Å². The van der Waals surface area contributed by atoms with Crippen LogP contribution in [0.2, 0.25) is 5.02 Å². The van der Waals surface area contributed by atoms with Crippen LogP contribution in [0, 0.1) is 11.8 Å². The summed E-state index contributed by atoms with van der Waals surface area (Å²) in [6.45, 7) is 6.31. The van der Waals surface area contributed by atoms with E-state index < -0.39 is 0 Å². The smallest absolute Gasteiger partial charge is 0.0406 e. The van der Waals surface area contributed by atoms with Crippen LogP contribution >= 0.6 is 11.6 Å². The fourth-order valence-corrected chi connectivity index (χ4v) is 1.50. The van der Waals surface area contributed by atoms with Crippen molar-refractivity contribution in [3.05, 3.63) is 52.1 Å². The van der Waals surface area contributed by atoms with Crippen LogP contribution in [0.25, 0.3) is 6.08 Å². The van der Waals surface area contributed by atoms with Crippen molar-refractivity contribution in [1.29, 1.82) is 0 Å². The molecule has 0 saturated carbocycles. The van der Waals surface area contributed by atoms with E-state index in [9.17, 15) is 0 Å². The SMILES string of the molecule is CCCC#CC(/C=C/c1ccc(Cl)cc1)=C(C)C. The van der Waals surface area contributed by atoms with E-state index in [4.69, 9.17) is 11.6 Å². The Morgan fingerprint density at radius 3 is 2.44 bits per heavy atom. The van der Waals surface area contributed by atoms with Crippen molar-refractivity contribution in [1.82, 2.24) is 0 Å². The molecule has 0 amide bonds. The van der Waals surface area contributed by atoms with Gasteiger partial charge in [0.25, 0.3) is 0 Å². The first kappa shape index (κ1) is 14.6. The Kier molecular flexibility index (Phi) is 6.33. The van der Waals surface area contributed by atoms with Crippen LogP contribution in [0.4, 0.5) is 0 Å². The number of benzene rings is 1. The zero-order valence-corrected chi connectivity index (χ0v) is 12.0. The van der Waals surface area contributed by atoms with E-state index in [-0.39, 0.29) is 0 Å². The maximum absolute atomic E-state index is 5.85. The van der Waals surface area contributed by atoms with Gasteiger partial charge in [0.15, 0.2) is 0 Å². The highest BCUT2D eigenvalue weighted by molar-refractivity contribution is 6.30. The maximum Gasteiger partial charge on any atom is 0.0406 e. The lowest BCUT2D eigenvalue weighted by Gasteiger charge is -1.97. The average molecular weight is 259 g/mol. The lowest BCUT2D eigenvalue weighted by atomic mass is 10.1. The molecule has 0 unspecified atom stereocenters. The number of halogens is 1. The summed E-state index contributed by atoms with van der Waals surface area (Å²) in [5.74, 6) is 6.40. The fourth-order valence-electron chi connectivity index (χ4n) is 1.37. The van der Waals surface area contributed by atoms with Crippen LogP contribution in [0.1, 0.15) is 39.2 Å². The van der Waals surface area contributed by atoms with Crippen molar-refractivity contribution in [2.75, 3.05) is 0 Å². The molecule has 0 aliphatic carbocycles. The highest BCUT2D eigenvalue weighted by Gasteiger charge is 1.91. The van der Waals surface area contributed by atoms with Crippen LogP contribution in [-0.2, 0) is 0 Å². The molecule has 18 heavy (non-hydrogen) atoms. The van der Waals surface area contributed by atoms with Crippen molar-refractivity contribution < 1.29 is 0 Å². The van der Waals surface area contributed by atoms with Crippen LogP contribution < -0.4 is 0 Å². The Hall–Kier alpha value is -1.45. The molecule has 94 valence electrons. The minimum absolute atomic E-state index is 0.761. The predicted molar refractivity (Wildman–Crippen MR) is 81.5 cm³/mol. The Morgan fingerprint density at radius 1 is 1.22 bits per heavy atom. The molecule has 0 aliphatic heterocycles. The van der Waals surface area contributed by atoms with Gasteiger partial charge in [0.1, 0.15) is 0 Å². The second kappa shape index (κ2) is 7.80. The normalized spacial score (nSPS) is 10.0. The van der Waals surface area contributed by atoms with Crippen molar-refractivity contribution in [3.63, 3.8) is 0 Å². The van der Waals surface area contributed by atoms with Crippen molar-refractivity contribution in [2.24, 2.45) is 0 Å². The van der Waals surface area contributed by atoms with Gasteiger partial charge in [-0.2, -0.15) is 0 Å². The molecule has 0 heterocycles. The molecule has 0 N–H and O–H groups in total. The van der Waals surface area contributed by atoms with E-state index in [0.29, 0.717) is 0 Å². The first-order valence-corrected chi connectivity index (χ1v) is 6.61. The van der Waals surface area contributed by atoms with Crippen molar-refractivity contribution in [2.45, 2.75) is 33.6 Å². The first-order valence-electron chi connectivity index (χ1n) is 6.23. The molecule has 0 aliphatic rings. The van der Waals surface area contributed by atoms with Gasteiger partial charge < -0.3 is 0 Å². The first-order chi connectivity index (χ1) is 8.63. The Balaban J connectivity index is 2.83. The molecule has 1 aromatic rings. The number of unbranched alkanes of at least 4 members (excludes halogenated alkanes) is 1. The summed E-state index contributed by atoms with van der Waals surface area (Å²) >= 11 is 5.85. The summed E-state index contributed by atoms with van der Waals surface area (Å²) in [7, 11) is 0. The zero-order chi connectivity index (χ0) is 13.4. The maximum atomic E-state index is 5.85. The topological polar surface area (TPSA) is 0 Å². The van der Waals surface area contributed by atoms with Gasteiger partial charge in [0, 0.05) is 17.0 Å². The Bertz CT molecular complexity index is 489. The van der Waals surface area contributed by atoms with E-state index in [2.05, 4.69) is 44.8 Å². The fraction of sp³-hybridized carbons (Fsp3) is 0.294. The third-order valence-electron chi connectivity index (χ3n) is 2.45. The molecule has 0 radical (unpaired) electrons. The molecule has 0 spiro atoms. The number of rotatable bonds is 3. The quantitative estimate of drug-likeness (QED) is 0.497. The standard InChI is InChI=1S/C17H19Cl/c1-4-5-6-7-16(14(2)3)11-8-15-9-12-17(18)13-10-15/h8-13H,4-5H2,1-3H3/b11-8+. The Morgan fingerprint density at radius 2 is 1.89 bits per heavy atom.